The van der Waals surface area contributed by atoms with E-state index in [0.29, 0.717) is 12.3 Å². The molecule has 0 atom stereocenters. The van der Waals surface area contributed by atoms with Crippen molar-refractivity contribution >= 4 is 19.7 Å². The smallest absolute Gasteiger partial charge is 0.171 e. The Labute approximate surface area is 78.7 Å². The Morgan fingerprint density at radius 1 is 1.46 bits per heavy atom. The number of carbonyl (C=O) groups excluding carboxylic acids is 1. The summed E-state index contributed by atoms with van der Waals surface area (Å²) in [6.45, 7) is 4.00. The first-order valence-corrected chi connectivity index (χ1v) is 4.48. The topological polar surface area (TPSA) is 47.8 Å². The molecule has 0 bridgehead atoms. The molecule has 0 amide bonds. The van der Waals surface area contributed by atoms with Gasteiger partial charge in [0, 0.05) is 5.59 Å². The van der Waals surface area contributed by atoms with E-state index in [4.69, 9.17) is 7.85 Å². The van der Waals surface area contributed by atoms with E-state index in [2.05, 4.69) is 10.2 Å². The molecule has 0 N–H and O–H groups in total. The van der Waals surface area contributed by atoms with Crippen LogP contribution < -0.4 is 5.59 Å². The molecule has 0 spiro atoms. The first kappa shape index (κ1) is 9.96. The summed E-state index contributed by atoms with van der Waals surface area (Å²) in [6.07, 6.45) is 2.81. The van der Waals surface area contributed by atoms with Crippen molar-refractivity contribution in [3.8, 4) is 0 Å². The molecule has 1 aliphatic rings. The molecule has 13 heavy (non-hydrogen) atoms. The Kier molecular flexibility index (Phi) is 3.22. The molecule has 0 saturated heterocycles. The number of nitrogens with zero attached hydrogens (tertiary/aromatic N) is 3. The summed E-state index contributed by atoms with van der Waals surface area (Å²) in [5.74, 6) is 0. The first-order valence-electron chi connectivity index (χ1n) is 4.48. The van der Waals surface area contributed by atoms with Gasteiger partial charge in [0.15, 0.2) is 6.29 Å². The SMILES string of the molecule is CC.[B]c1nn(C2CC2)nc1C=O. The van der Waals surface area contributed by atoms with Crippen molar-refractivity contribution < 1.29 is 4.79 Å². The lowest BCUT2D eigenvalue weighted by molar-refractivity contribution is 0.111. The van der Waals surface area contributed by atoms with Gasteiger partial charge in [-0.15, -0.1) is 0 Å². The number of rotatable bonds is 2. The Balaban J connectivity index is 0.000000396. The number of aldehydes is 1. The number of hydrogen-bond donors (Lipinski definition) is 0. The fourth-order valence-electron chi connectivity index (χ4n) is 0.898. The summed E-state index contributed by atoms with van der Waals surface area (Å²) < 4.78 is 0. The van der Waals surface area contributed by atoms with Crippen LogP contribution in [0.25, 0.3) is 0 Å². The third-order valence-corrected chi connectivity index (χ3v) is 1.67. The van der Waals surface area contributed by atoms with Crippen molar-refractivity contribution in [1.82, 2.24) is 15.0 Å². The molecule has 68 valence electrons. The summed E-state index contributed by atoms with van der Waals surface area (Å²) in [6, 6.07) is 0.381. The molecule has 1 fully saturated rings. The minimum absolute atomic E-state index is 0.229. The number of carbonyl (C=O) groups is 1. The lowest BCUT2D eigenvalue weighted by Gasteiger charge is -1.89. The maximum Gasteiger partial charge on any atom is 0.171 e. The van der Waals surface area contributed by atoms with Gasteiger partial charge in [-0.1, -0.05) is 13.8 Å². The molecular formula is C8H12BN3O. The average Bonchev–Trinajstić information content (AvgIpc) is 2.94. The van der Waals surface area contributed by atoms with Gasteiger partial charge in [0.1, 0.15) is 13.5 Å². The standard InChI is InChI=1S/C6H6BN3O.C2H6/c7-6-5(3-11)8-10(9-6)4-1-2-4;1-2/h3-4H,1-2H2;1-2H3. The van der Waals surface area contributed by atoms with Crippen molar-refractivity contribution in [1.29, 1.82) is 0 Å². The maximum absolute atomic E-state index is 10.3. The zero-order valence-corrected chi connectivity index (χ0v) is 7.90. The van der Waals surface area contributed by atoms with Gasteiger partial charge in [-0.25, -0.2) is 0 Å². The largest absolute Gasteiger partial charge is 0.296 e. The van der Waals surface area contributed by atoms with Gasteiger partial charge in [-0.3, -0.25) is 4.79 Å². The Morgan fingerprint density at radius 2 is 2.08 bits per heavy atom. The van der Waals surface area contributed by atoms with Gasteiger partial charge in [-0.2, -0.15) is 15.0 Å². The molecule has 1 saturated carbocycles. The molecule has 2 radical (unpaired) electrons. The zero-order chi connectivity index (χ0) is 9.84. The minimum atomic E-state index is 0.229. The Bertz CT molecular complexity index is 294. The highest BCUT2D eigenvalue weighted by atomic mass is 16.1. The van der Waals surface area contributed by atoms with E-state index in [0.717, 1.165) is 12.8 Å². The molecule has 1 aliphatic carbocycles. The van der Waals surface area contributed by atoms with E-state index >= 15 is 0 Å². The van der Waals surface area contributed by atoms with E-state index in [1.54, 1.807) is 0 Å². The summed E-state index contributed by atoms with van der Waals surface area (Å²) >= 11 is 0. The zero-order valence-electron chi connectivity index (χ0n) is 7.90. The van der Waals surface area contributed by atoms with Gasteiger partial charge >= 0.3 is 0 Å². The third kappa shape index (κ3) is 2.17. The quantitative estimate of drug-likeness (QED) is 0.480. The fourth-order valence-corrected chi connectivity index (χ4v) is 0.898. The van der Waals surface area contributed by atoms with Crippen LogP contribution in [-0.2, 0) is 0 Å². The fraction of sp³-hybridized carbons (Fsp3) is 0.625. The third-order valence-electron chi connectivity index (χ3n) is 1.67. The summed E-state index contributed by atoms with van der Waals surface area (Å²) in [5, 5.41) is 7.80. The lowest BCUT2D eigenvalue weighted by atomic mass is 10.0. The second-order valence-electron chi connectivity index (χ2n) is 2.64. The van der Waals surface area contributed by atoms with Crippen LogP contribution in [0.5, 0.6) is 0 Å². The normalized spacial score (nSPS) is 14.6. The summed E-state index contributed by atoms with van der Waals surface area (Å²) in [5.41, 5.74) is 0.476. The molecule has 1 aromatic heterocycles. The lowest BCUT2D eigenvalue weighted by Crippen LogP contribution is -2.10. The summed E-state index contributed by atoms with van der Waals surface area (Å²) in [4.78, 5) is 11.8. The van der Waals surface area contributed by atoms with Crippen LogP contribution >= 0.6 is 0 Å². The van der Waals surface area contributed by atoms with Crippen LogP contribution in [0.1, 0.15) is 43.2 Å². The van der Waals surface area contributed by atoms with Crippen LogP contribution in [0.15, 0.2) is 0 Å². The second kappa shape index (κ2) is 4.21. The van der Waals surface area contributed by atoms with E-state index < -0.39 is 0 Å². The molecule has 1 aromatic rings. The van der Waals surface area contributed by atoms with Gasteiger partial charge in [-0.05, 0) is 12.8 Å². The van der Waals surface area contributed by atoms with Gasteiger partial charge < -0.3 is 0 Å². The molecule has 2 rings (SSSR count). The molecular weight excluding hydrogens is 165 g/mol. The Morgan fingerprint density at radius 3 is 2.46 bits per heavy atom. The van der Waals surface area contributed by atoms with Crippen LogP contribution in [0.4, 0.5) is 0 Å². The van der Waals surface area contributed by atoms with Crippen LogP contribution in [0, 0.1) is 0 Å². The van der Waals surface area contributed by atoms with Crippen molar-refractivity contribution in [3.05, 3.63) is 5.69 Å². The Hall–Kier alpha value is -1.13. The average molecular weight is 177 g/mol. The van der Waals surface area contributed by atoms with Crippen molar-refractivity contribution in [2.24, 2.45) is 0 Å². The number of aromatic nitrogens is 3. The predicted octanol–water partition coefficient (Wildman–Crippen LogP) is 0.245. The minimum Gasteiger partial charge on any atom is -0.296 e. The van der Waals surface area contributed by atoms with Gasteiger partial charge in [0.05, 0.1) is 6.04 Å². The van der Waals surface area contributed by atoms with Crippen LogP contribution in [0.2, 0.25) is 0 Å². The highest BCUT2D eigenvalue weighted by molar-refractivity contribution is 6.33. The van der Waals surface area contributed by atoms with Crippen molar-refractivity contribution in [3.63, 3.8) is 0 Å². The van der Waals surface area contributed by atoms with E-state index in [-0.39, 0.29) is 11.3 Å². The van der Waals surface area contributed by atoms with E-state index in [9.17, 15) is 4.79 Å². The van der Waals surface area contributed by atoms with Gasteiger partial charge in [0.2, 0.25) is 0 Å². The molecule has 1 heterocycles. The highest BCUT2D eigenvalue weighted by Gasteiger charge is 2.26. The first-order chi connectivity index (χ1) is 6.31. The molecule has 0 aromatic carbocycles. The monoisotopic (exact) mass is 177 g/mol. The van der Waals surface area contributed by atoms with Crippen LogP contribution in [0.3, 0.4) is 0 Å². The molecule has 0 aliphatic heterocycles. The van der Waals surface area contributed by atoms with Crippen molar-refractivity contribution in [2.75, 3.05) is 0 Å². The molecule has 0 unspecified atom stereocenters. The molecule has 4 nitrogen and oxygen atoms in total. The molecule has 5 heteroatoms. The van der Waals surface area contributed by atoms with Crippen LogP contribution in [-0.4, -0.2) is 29.1 Å². The van der Waals surface area contributed by atoms with E-state index in [1.807, 2.05) is 13.8 Å². The second-order valence-corrected chi connectivity index (χ2v) is 2.64. The van der Waals surface area contributed by atoms with Gasteiger partial charge in [0.25, 0.3) is 0 Å². The predicted molar refractivity (Wildman–Crippen MR) is 50.4 cm³/mol. The van der Waals surface area contributed by atoms with E-state index in [1.165, 1.54) is 4.80 Å². The highest BCUT2D eigenvalue weighted by Crippen LogP contribution is 2.32. The summed E-state index contributed by atoms with van der Waals surface area (Å²) in [7, 11) is 5.39. The number of hydrogen-bond acceptors (Lipinski definition) is 3. The maximum atomic E-state index is 10.3. The van der Waals surface area contributed by atoms with Crippen molar-refractivity contribution in [2.45, 2.75) is 32.7 Å².